The molecule has 1 aliphatic carbocycles. The number of hydrogen-bond acceptors (Lipinski definition) is 5. The van der Waals surface area contributed by atoms with Gasteiger partial charge in [0.05, 0.1) is 6.04 Å². The van der Waals surface area contributed by atoms with Crippen molar-refractivity contribution in [2.24, 2.45) is 0 Å². The number of fused-ring (bicyclic) bond motifs is 1. The van der Waals surface area contributed by atoms with E-state index in [1.54, 1.807) is 0 Å². The van der Waals surface area contributed by atoms with Crippen molar-refractivity contribution in [2.45, 2.75) is 25.3 Å². The number of aromatic nitrogens is 2. The fourth-order valence-electron chi connectivity index (χ4n) is 1.39. The molecule has 60 valence electrons. The predicted octanol–water partition coefficient (Wildman–Crippen LogP) is 0.426. The van der Waals surface area contributed by atoms with Gasteiger partial charge in [-0.3, -0.25) is 0 Å². The first-order valence-corrected chi connectivity index (χ1v) is 3.63. The highest BCUT2D eigenvalue weighted by Crippen LogP contribution is 2.25. The van der Waals surface area contributed by atoms with Crippen LogP contribution in [0.4, 0.5) is 0 Å². The smallest absolute Gasteiger partial charge is 0.127 e. The summed E-state index contributed by atoms with van der Waals surface area (Å²) in [6.45, 7) is 0. The van der Waals surface area contributed by atoms with Crippen LogP contribution in [0, 0.1) is 0 Å². The fourth-order valence-corrected chi connectivity index (χ4v) is 1.39. The van der Waals surface area contributed by atoms with Crippen LogP contribution in [0.5, 0.6) is 0 Å². The number of hydroxylamine groups is 1. The minimum absolute atomic E-state index is 0.0926. The highest BCUT2D eigenvalue weighted by molar-refractivity contribution is 5.15. The molecule has 0 aromatic carbocycles. The van der Waals surface area contributed by atoms with Gasteiger partial charge in [0.1, 0.15) is 11.4 Å². The Balaban J connectivity index is 2.32. The second kappa shape index (κ2) is 2.60. The highest BCUT2D eigenvalue weighted by atomic mass is 16.6. The van der Waals surface area contributed by atoms with E-state index in [-0.39, 0.29) is 6.04 Å². The maximum absolute atomic E-state index is 8.70. The van der Waals surface area contributed by atoms with E-state index in [1.807, 2.05) is 0 Å². The van der Waals surface area contributed by atoms with Crippen molar-refractivity contribution in [3.05, 3.63) is 11.4 Å². The normalized spacial score (nSPS) is 23.2. The van der Waals surface area contributed by atoms with Gasteiger partial charge in [0.25, 0.3) is 0 Å². The van der Waals surface area contributed by atoms with Crippen LogP contribution in [0.25, 0.3) is 0 Å². The minimum atomic E-state index is -0.0926. The van der Waals surface area contributed by atoms with Crippen LogP contribution >= 0.6 is 0 Å². The summed E-state index contributed by atoms with van der Waals surface area (Å²) >= 11 is 0. The van der Waals surface area contributed by atoms with Crippen LogP contribution in [-0.4, -0.2) is 15.5 Å². The molecule has 0 bridgehead atoms. The number of nitrogens with zero attached hydrogens (tertiary/aromatic N) is 2. The molecule has 1 atom stereocenters. The van der Waals surface area contributed by atoms with E-state index in [9.17, 15) is 0 Å². The van der Waals surface area contributed by atoms with Gasteiger partial charge >= 0.3 is 0 Å². The Hall–Kier alpha value is -0.940. The second-order valence-corrected chi connectivity index (χ2v) is 2.67. The largest absolute Gasteiger partial charge is 0.316 e. The third-order valence-corrected chi connectivity index (χ3v) is 1.98. The summed E-state index contributed by atoms with van der Waals surface area (Å²) in [5, 5.41) is 16.1. The third kappa shape index (κ3) is 1.02. The SMILES string of the molecule is ONC1CCCc2nonc21. The fraction of sp³-hybridized carbons (Fsp3) is 0.667. The molecule has 0 saturated carbocycles. The first-order valence-electron chi connectivity index (χ1n) is 3.63. The molecule has 2 N–H and O–H groups in total. The number of rotatable bonds is 1. The second-order valence-electron chi connectivity index (χ2n) is 2.67. The molecule has 1 heterocycles. The van der Waals surface area contributed by atoms with E-state index in [0.29, 0.717) is 0 Å². The molecule has 0 spiro atoms. The van der Waals surface area contributed by atoms with Gasteiger partial charge in [-0.15, -0.1) is 0 Å². The summed E-state index contributed by atoms with van der Waals surface area (Å²) in [7, 11) is 0. The van der Waals surface area contributed by atoms with E-state index in [0.717, 1.165) is 30.7 Å². The van der Waals surface area contributed by atoms with E-state index >= 15 is 0 Å². The van der Waals surface area contributed by atoms with Gasteiger partial charge in [-0.05, 0) is 19.3 Å². The van der Waals surface area contributed by atoms with Crippen molar-refractivity contribution in [2.75, 3.05) is 0 Å². The quantitative estimate of drug-likeness (QED) is 0.575. The van der Waals surface area contributed by atoms with Crippen LogP contribution in [0.15, 0.2) is 4.63 Å². The summed E-state index contributed by atoms with van der Waals surface area (Å²) in [5.41, 5.74) is 3.80. The number of aryl methyl sites for hydroxylation is 1. The Morgan fingerprint density at radius 1 is 1.55 bits per heavy atom. The van der Waals surface area contributed by atoms with Gasteiger partial charge < -0.3 is 5.21 Å². The molecule has 5 nitrogen and oxygen atoms in total. The number of hydrogen-bond donors (Lipinski definition) is 2. The van der Waals surface area contributed by atoms with Crippen molar-refractivity contribution >= 4 is 0 Å². The maximum Gasteiger partial charge on any atom is 0.127 e. The first-order chi connectivity index (χ1) is 5.42. The molecular weight excluding hydrogens is 146 g/mol. The molecule has 2 rings (SSSR count). The summed E-state index contributed by atoms with van der Waals surface area (Å²) in [6.07, 6.45) is 2.80. The molecular formula is C6H9N3O2. The van der Waals surface area contributed by atoms with Crippen molar-refractivity contribution in [1.29, 1.82) is 0 Å². The monoisotopic (exact) mass is 155 g/mol. The molecule has 1 aromatic heterocycles. The average molecular weight is 155 g/mol. The summed E-state index contributed by atoms with van der Waals surface area (Å²) in [6, 6.07) is -0.0926. The lowest BCUT2D eigenvalue weighted by molar-refractivity contribution is 0.114. The summed E-state index contributed by atoms with van der Waals surface area (Å²) in [4.78, 5) is 0. The number of nitrogens with one attached hydrogen (secondary N) is 1. The molecule has 0 fully saturated rings. The van der Waals surface area contributed by atoms with Gasteiger partial charge in [-0.2, -0.15) is 5.48 Å². The van der Waals surface area contributed by atoms with Crippen molar-refractivity contribution in [3.63, 3.8) is 0 Å². The third-order valence-electron chi connectivity index (χ3n) is 1.98. The lowest BCUT2D eigenvalue weighted by atomic mass is 9.97. The molecule has 0 radical (unpaired) electrons. The Labute approximate surface area is 63.3 Å². The summed E-state index contributed by atoms with van der Waals surface area (Å²) in [5.74, 6) is 0. The first kappa shape index (κ1) is 6.75. The van der Waals surface area contributed by atoms with Gasteiger partial charge in [0.15, 0.2) is 0 Å². The van der Waals surface area contributed by atoms with Gasteiger partial charge in [0.2, 0.25) is 0 Å². The maximum atomic E-state index is 8.70. The van der Waals surface area contributed by atoms with Gasteiger partial charge in [-0.25, -0.2) is 4.63 Å². The van der Waals surface area contributed by atoms with E-state index in [4.69, 9.17) is 5.21 Å². The van der Waals surface area contributed by atoms with Crippen molar-refractivity contribution in [3.8, 4) is 0 Å². The Morgan fingerprint density at radius 2 is 2.45 bits per heavy atom. The van der Waals surface area contributed by atoms with Crippen molar-refractivity contribution < 1.29 is 9.84 Å². The molecule has 0 aliphatic heterocycles. The van der Waals surface area contributed by atoms with Crippen LogP contribution in [0.1, 0.15) is 30.3 Å². The topological polar surface area (TPSA) is 71.2 Å². The molecule has 5 heteroatoms. The zero-order chi connectivity index (χ0) is 7.68. The molecule has 11 heavy (non-hydrogen) atoms. The molecule has 0 amide bonds. The van der Waals surface area contributed by atoms with Gasteiger partial charge in [-0.1, -0.05) is 10.3 Å². The Morgan fingerprint density at radius 3 is 3.27 bits per heavy atom. The van der Waals surface area contributed by atoms with E-state index < -0.39 is 0 Å². The zero-order valence-electron chi connectivity index (χ0n) is 5.95. The average Bonchev–Trinajstić information content (AvgIpc) is 2.50. The summed E-state index contributed by atoms with van der Waals surface area (Å²) < 4.78 is 4.55. The Kier molecular flexibility index (Phi) is 1.59. The van der Waals surface area contributed by atoms with E-state index in [2.05, 4.69) is 20.4 Å². The molecule has 1 aliphatic rings. The van der Waals surface area contributed by atoms with E-state index in [1.165, 1.54) is 0 Å². The molecule has 0 saturated heterocycles. The molecule has 1 unspecified atom stereocenters. The van der Waals surface area contributed by atoms with Crippen molar-refractivity contribution in [1.82, 2.24) is 15.8 Å². The van der Waals surface area contributed by atoms with Crippen LogP contribution in [-0.2, 0) is 6.42 Å². The van der Waals surface area contributed by atoms with Crippen LogP contribution in [0.3, 0.4) is 0 Å². The predicted molar refractivity (Wildman–Crippen MR) is 34.9 cm³/mol. The lowest BCUT2D eigenvalue weighted by Crippen LogP contribution is -2.22. The molecule has 1 aromatic rings. The Bertz CT molecular complexity index is 248. The lowest BCUT2D eigenvalue weighted by Gasteiger charge is -2.16. The van der Waals surface area contributed by atoms with Crippen LogP contribution < -0.4 is 5.48 Å². The standard InChI is InChI=1S/C6H9N3O2/c10-7-4-2-1-3-5-6(4)9-11-8-5/h4,7,10H,1-3H2. The highest BCUT2D eigenvalue weighted by Gasteiger charge is 2.24. The van der Waals surface area contributed by atoms with Crippen LogP contribution in [0.2, 0.25) is 0 Å². The zero-order valence-corrected chi connectivity index (χ0v) is 5.95. The van der Waals surface area contributed by atoms with Gasteiger partial charge in [0, 0.05) is 0 Å². The minimum Gasteiger partial charge on any atom is -0.316 e.